The third-order valence-corrected chi connectivity index (χ3v) is 4.34. The van der Waals surface area contributed by atoms with E-state index in [1.807, 2.05) is 18.2 Å². The number of rotatable bonds is 4. The lowest BCUT2D eigenvalue weighted by Gasteiger charge is -2.28. The lowest BCUT2D eigenvalue weighted by molar-refractivity contribution is -0.117. The molecule has 2 unspecified atom stereocenters. The van der Waals surface area contributed by atoms with E-state index in [1.54, 1.807) is 7.11 Å². The highest BCUT2D eigenvalue weighted by Crippen LogP contribution is 2.30. The van der Waals surface area contributed by atoms with Crippen LogP contribution in [0, 0.1) is 5.92 Å². The van der Waals surface area contributed by atoms with Gasteiger partial charge >= 0.3 is 0 Å². The molecule has 1 aliphatic rings. The molecule has 1 aromatic rings. The van der Waals surface area contributed by atoms with E-state index in [1.165, 1.54) is 12.8 Å². The zero-order valence-corrected chi connectivity index (χ0v) is 13.3. The maximum absolute atomic E-state index is 12.2. The van der Waals surface area contributed by atoms with Gasteiger partial charge in [0.2, 0.25) is 5.91 Å². The van der Waals surface area contributed by atoms with Crippen molar-refractivity contribution in [3.8, 4) is 5.75 Å². The van der Waals surface area contributed by atoms with Crippen molar-refractivity contribution in [2.24, 2.45) is 11.7 Å². The molecule has 0 heterocycles. The average Bonchev–Trinajstić information content (AvgIpc) is 2.41. The summed E-state index contributed by atoms with van der Waals surface area (Å²) < 4.78 is 6.16. The number of nitrogens with one attached hydrogen (secondary N) is 1. The summed E-state index contributed by atoms with van der Waals surface area (Å²) in [5, 5.41) is 2.92. The fourth-order valence-electron chi connectivity index (χ4n) is 2.71. The average molecular weight is 341 g/mol. The van der Waals surface area contributed by atoms with Gasteiger partial charge in [-0.3, -0.25) is 4.79 Å². The molecule has 20 heavy (non-hydrogen) atoms. The van der Waals surface area contributed by atoms with Crippen molar-refractivity contribution < 1.29 is 9.53 Å². The van der Waals surface area contributed by atoms with Gasteiger partial charge in [-0.15, -0.1) is 0 Å². The number of anilines is 1. The Morgan fingerprint density at radius 1 is 1.45 bits per heavy atom. The highest BCUT2D eigenvalue weighted by Gasteiger charge is 2.24. The maximum Gasteiger partial charge on any atom is 0.224 e. The van der Waals surface area contributed by atoms with E-state index in [2.05, 4.69) is 21.2 Å². The maximum atomic E-state index is 12.2. The number of benzene rings is 1. The molecule has 2 atom stereocenters. The molecule has 0 radical (unpaired) electrons. The van der Waals surface area contributed by atoms with Crippen molar-refractivity contribution in [3.05, 3.63) is 22.7 Å². The van der Waals surface area contributed by atoms with Gasteiger partial charge in [0.25, 0.3) is 0 Å². The molecule has 4 nitrogen and oxygen atoms in total. The molecule has 1 amide bonds. The van der Waals surface area contributed by atoms with Gasteiger partial charge in [0, 0.05) is 16.9 Å². The Labute approximate surface area is 128 Å². The van der Waals surface area contributed by atoms with Crippen LogP contribution in [-0.2, 0) is 4.79 Å². The Bertz CT molecular complexity index is 479. The number of carbonyl (C=O) groups is 1. The summed E-state index contributed by atoms with van der Waals surface area (Å²) in [6, 6.07) is 5.70. The van der Waals surface area contributed by atoms with Crippen LogP contribution in [0.4, 0.5) is 5.69 Å². The van der Waals surface area contributed by atoms with Crippen LogP contribution in [0.3, 0.4) is 0 Å². The van der Waals surface area contributed by atoms with Crippen LogP contribution in [0.5, 0.6) is 5.75 Å². The van der Waals surface area contributed by atoms with Crippen molar-refractivity contribution in [2.45, 2.75) is 38.1 Å². The first-order valence-corrected chi connectivity index (χ1v) is 7.78. The summed E-state index contributed by atoms with van der Waals surface area (Å²) in [5.74, 6) is 0.958. The van der Waals surface area contributed by atoms with Crippen LogP contribution >= 0.6 is 15.9 Å². The first-order chi connectivity index (χ1) is 9.60. The van der Waals surface area contributed by atoms with E-state index in [0.717, 1.165) is 17.3 Å². The lowest BCUT2D eigenvalue weighted by atomic mass is 9.83. The quantitative estimate of drug-likeness (QED) is 0.883. The molecule has 5 heteroatoms. The summed E-state index contributed by atoms with van der Waals surface area (Å²) >= 11 is 3.40. The number of methoxy groups -OCH3 is 1. The minimum Gasteiger partial charge on any atom is -0.495 e. The Morgan fingerprint density at radius 3 is 2.90 bits per heavy atom. The third kappa shape index (κ3) is 3.96. The molecule has 110 valence electrons. The van der Waals surface area contributed by atoms with Gasteiger partial charge in [0.05, 0.1) is 12.8 Å². The second-order valence-corrected chi connectivity index (χ2v) is 6.22. The zero-order valence-electron chi connectivity index (χ0n) is 11.7. The van der Waals surface area contributed by atoms with Gasteiger partial charge in [-0.05, 0) is 37.0 Å². The topological polar surface area (TPSA) is 64.3 Å². The van der Waals surface area contributed by atoms with Gasteiger partial charge in [0.15, 0.2) is 0 Å². The van der Waals surface area contributed by atoms with Crippen LogP contribution in [0.2, 0.25) is 0 Å². The standard InChI is InChI=1S/C15H21BrN2O2/c1-20-14-7-6-11(16)9-13(14)18-15(19)8-10-4-2-3-5-12(10)17/h6-7,9-10,12H,2-5,8,17H2,1H3,(H,18,19). The summed E-state index contributed by atoms with van der Waals surface area (Å²) in [5.41, 5.74) is 6.78. The Morgan fingerprint density at radius 2 is 2.20 bits per heavy atom. The van der Waals surface area contributed by atoms with Crippen molar-refractivity contribution in [1.82, 2.24) is 0 Å². The predicted molar refractivity (Wildman–Crippen MR) is 83.9 cm³/mol. The monoisotopic (exact) mass is 340 g/mol. The normalized spacial score (nSPS) is 22.4. The van der Waals surface area contributed by atoms with E-state index < -0.39 is 0 Å². The number of halogens is 1. The molecule has 1 fully saturated rings. The second kappa shape index (κ2) is 7.09. The van der Waals surface area contributed by atoms with Crippen molar-refractivity contribution >= 4 is 27.5 Å². The van der Waals surface area contributed by atoms with E-state index in [9.17, 15) is 4.79 Å². The molecule has 0 aliphatic heterocycles. The smallest absolute Gasteiger partial charge is 0.224 e. The molecule has 0 bridgehead atoms. The number of hydrogen-bond acceptors (Lipinski definition) is 3. The molecule has 1 saturated carbocycles. The van der Waals surface area contributed by atoms with E-state index >= 15 is 0 Å². The minimum absolute atomic E-state index is 0.00347. The summed E-state index contributed by atoms with van der Waals surface area (Å²) in [4.78, 5) is 12.2. The molecule has 1 aliphatic carbocycles. The molecule has 0 saturated heterocycles. The number of hydrogen-bond donors (Lipinski definition) is 2. The molecule has 2 rings (SSSR count). The van der Waals surface area contributed by atoms with Gasteiger partial charge in [-0.25, -0.2) is 0 Å². The highest BCUT2D eigenvalue weighted by atomic mass is 79.9. The highest BCUT2D eigenvalue weighted by molar-refractivity contribution is 9.10. The molecule has 0 aromatic heterocycles. The summed E-state index contributed by atoms with van der Waals surface area (Å²) in [6.45, 7) is 0. The fraction of sp³-hybridized carbons (Fsp3) is 0.533. The summed E-state index contributed by atoms with van der Waals surface area (Å²) in [7, 11) is 1.59. The first kappa shape index (κ1) is 15.3. The lowest BCUT2D eigenvalue weighted by Crippen LogP contribution is -2.35. The molecule has 1 aromatic carbocycles. The van der Waals surface area contributed by atoms with E-state index in [4.69, 9.17) is 10.5 Å². The predicted octanol–water partition coefficient (Wildman–Crippen LogP) is 3.30. The number of ether oxygens (including phenoxy) is 1. The Hall–Kier alpha value is -1.07. The molecular formula is C15H21BrN2O2. The van der Waals surface area contributed by atoms with Gasteiger partial charge in [0.1, 0.15) is 5.75 Å². The molecule has 3 N–H and O–H groups in total. The molecule has 0 spiro atoms. The Balaban J connectivity index is 1.99. The van der Waals surface area contributed by atoms with Crippen LogP contribution in [0.25, 0.3) is 0 Å². The van der Waals surface area contributed by atoms with Gasteiger partial charge in [-0.2, -0.15) is 0 Å². The number of nitrogens with two attached hydrogens (primary N) is 1. The number of carbonyl (C=O) groups excluding carboxylic acids is 1. The van der Waals surface area contributed by atoms with Crippen molar-refractivity contribution in [3.63, 3.8) is 0 Å². The summed E-state index contributed by atoms with van der Waals surface area (Å²) in [6.07, 6.45) is 4.91. The minimum atomic E-state index is 0.00347. The van der Waals surface area contributed by atoms with Crippen molar-refractivity contribution in [1.29, 1.82) is 0 Å². The van der Waals surface area contributed by atoms with E-state index in [-0.39, 0.29) is 11.9 Å². The van der Waals surface area contributed by atoms with E-state index in [0.29, 0.717) is 23.8 Å². The van der Waals surface area contributed by atoms with Crippen molar-refractivity contribution in [2.75, 3.05) is 12.4 Å². The Kier molecular flexibility index (Phi) is 5.43. The van der Waals surface area contributed by atoms with Gasteiger partial charge < -0.3 is 15.8 Å². The molecular weight excluding hydrogens is 320 g/mol. The van der Waals surface area contributed by atoms with Crippen LogP contribution in [0.1, 0.15) is 32.1 Å². The largest absolute Gasteiger partial charge is 0.495 e. The zero-order chi connectivity index (χ0) is 14.5. The SMILES string of the molecule is COc1ccc(Br)cc1NC(=O)CC1CCCCC1N. The third-order valence-electron chi connectivity index (χ3n) is 3.85. The van der Waals surface area contributed by atoms with Crippen LogP contribution in [0.15, 0.2) is 22.7 Å². The fourth-order valence-corrected chi connectivity index (χ4v) is 3.07. The number of amides is 1. The van der Waals surface area contributed by atoms with Crippen LogP contribution < -0.4 is 15.8 Å². The second-order valence-electron chi connectivity index (χ2n) is 5.31. The van der Waals surface area contributed by atoms with Crippen LogP contribution in [-0.4, -0.2) is 19.1 Å². The van der Waals surface area contributed by atoms with Gasteiger partial charge in [-0.1, -0.05) is 28.8 Å². The first-order valence-electron chi connectivity index (χ1n) is 6.99.